The molecule has 2 aromatic rings. The van der Waals surface area contributed by atoms with Crippen LogP contribution in [0.25, 0.3) is 0 Å². The zero-order valence-electron chi connectivity index (χ0n) is 11.2. The number of ether oxygens (including phenoxy) is 1. The van der Waals surface area contributed by atoms with E-state index in [-0.39, 0.29) is 11.6 Å². The van der Waals surface area contributed by atoms with Crippen molar-refractivity contribution in [1.82, 2.24) is 4.98 Å². The lowest BCUT2D eigenvalue weighted by atomic mass is 10.1. The highest BCUT2D eigenvalue weighted by Gasteiger charge is 2.35. The molecule has 1 aromatic heterocycles. The fourth-order valence-electron chi connectivity index (χ4n) is 1.72. The SMILES string of the molecule is COc1cc(NC(=O)c2cccc(C(F)(F)F)c2F)ccn1. The highest BCUT2D eigenvalue weighted by molar-refractivity contribution is 6.04. The molecule has 0 aliphatic rings. The number of pyridine rings is 1. The third-order valence-corrected chi connectivity index (χ3v) is 2.75. The minimum atomic E-state index is -4.87. The summed E-state index contributed by atoms with van der Waals surface area (Å²) in [4.78, 5) is 15.7. The van der Waals surface area contributed by atoms with Crippen molar-refractivity contribution in [3.05, 3.63) is 53.5 Å². The maximum absolute atomic E-state index is 13.8. The van der Waals surface area contributed by atoms with Gasteiger partial charge in [-0.05, 0) is 18.2 Å². The lowest BCUT2D eigenvalue weighted by Crippen LogP contribution is -2.17. The number of nitrogens with zero attached hydrogens (tertiary/aromatic N) is 1. The maximum Gasteiger partial charge on any atom is 0.419 e. The summed E-state index contributed by atoms with van der Waals surface area (Å²) >= 11 is 0. The van der Waals surface area contributed by atoms with Crippen molar-refractivity contribution in [2.75, 3.05) is 12.4 Å². The number of carbonyl (C=O) groups excluding carboxylic acids is 1. The van der Waals surface area contributed by atoms with Crippen molar-refractivity contribution < 1.29 is 27.1 Å². The highest BCUT2D eigenvalue weighted by atomic mass is 19.4. The van der Waals surface area contributed by atoms with Gasteiger partial charge in [0.25, 0.3) is 5.91 Å². The average Bonchev–Trinajstić information content (AvgIpc) is 2.46. The first-order chi connectivity index (χ1) is 10.3. The van der Waals surface area contributed by atoms with E-state index in [9.17, 15) is 22.4 Å². The minimum Gasteiger partial charge on any atom is -0.481 e. The normalized spacial score (nSPS) is 11.1. The second kappa shape index (κ2) is 6.00. The van der Waals surface area contributed by atoms with Crippen LogP contribution in [0.5, 0.6) is 5.88 Å². The first-order valence-electron chi connectivity index (χ1n) is 6.00. The molecule has 0 fully saturated rings. The van der Waals surface area contributed by atoms with Gasteiger partial charge in [-0.15, -0.1) is 0 Å². The van der Waals surface area contributed by atoms with Crippen molar-refractivity contribution >= 4 is 11.6 Å². The topological polar surface area (TPSA) is 51.2 Å². The standard InChI is InChI=1S/C14H10F4N2O2/c1-22-11-7-8(5-6-19-11)20-13(21)9-3-2-4-10(12(9)15)14(16,17)18/h2-7H,1H3,(H,19,20,21). The Morgan fingerprint density at radius 1 is 1.27 bits per heavy atom. The summed E-state index contributed by atoms with van der Waals surface area (Å²) < 4.78 is 56.6. The van der Waals surface area contributed by atoms with Gasteiger partial charge in [0.1, 0.15) is 5.82 Å². The molecule has 116 valence electrons. The molecule has 22 heavy (non-hydrogen) atoms. The molecule has 0 bridgehead atoms. The van der Waals surface area contributed by atoms with Crippen LogP contribution in [-0.4, -0.2) is 18.0 Å². The number of amides is 1. The molecule has 4 nitrogen and oxygen atoms in total. The molecule has 8 heteroatoms. The Labute approximate surface area is 122 Å². The molecule has 1 heterocycles. The molecular formula is C14H10F4N2O2. The summed E-state index contributed by atoms with van der Waals surface area (Å²) in [5.41, 5.74) is -1.98. The summed E-state index contributed by atoms with van der Waals surface area (Å²) in [5.74, 6) is -2.42. The Morgan fingerprint density at radius 2 is 2.00 bits per heavy atom. The van der Waals surface area contributed by atoms with Crippen LogP contribution in [0, 0.1) is 5.82 Å². The number of hydrogen-bond acceptors (Lipinski definition) is 3. The van der Waals surface area contributed by atoms with E-state index in [0.29, 0.717) is 6.07 Å². The van der Waals surface area contributed by atoms with Crippen LogP contribution in [0.15, 0.2) is 36.5 Å². The van der Waals surface area contributed by atoms with Crippen LogP contribution < -0.4 is 10.1 Å². The lowest BCUT2D eigenvalue weighted by Gasteiger charge is -2.11. The molecule has 0 radical (unpaired) electrons. The van der Waals surface area contributed by atoms with Crippen LogP contribution in [-0.2, 0) is 6.18 Å². The predicted octanol–water partition coefficient (Wildman–Crippen LogP) is 3.50. The number of aromatic nitrogens is 1. The van der Waals surface area contributed by atoms with Crippen molar-refractivity contribution in [2.45, 2.75) is 6.18 Å². The molecule has 0 aliphatic heterocycles. The zero-order chi connectivity index (χ0) is 16.3. The van der Waals surface area contributed by atoms with E-state index in [4.69, 9.17) is 4.74 Å². The molecule has 0 aliphatic carbocycles. The van der Waals surface area contributed by atoms with Gasteiger partial charge in [-0.25, -0.2) is 9.37 Å². The molecule has 0 saturated heterocycles. The summed E-state index contributed by atoms with van der Waals surface area (Å²) in [5, 5.41) is 2.29. The first-order valence-corrected chi connectivity index (χ1v) is 6.00. The monoisotopic (exact) mass is 314 g/mol. The lowest BCUT2D eigenvalue weighted by molar-refractivity contribution is -0.140. The van der Waals surface area contributed by atoms with Gasteiger partial charge in [-0.1, -0.05) is 6.07 Å². The number of benzene rings is 1. The molecule has 0 saturated carbocycles. The molecule has 1 aromatic carbocycles. The van der Waals surface area contributed by atoms with Gasteiger partial charge in [-0.3, -0.25) is 4.79 Å². The van der Waals surface area contributed by atoms with E-state index < -0.39 is 29.0 Å². The van der Waals surface area contributed by atoms with Gasteiger partial charge in [0.15, 0.2) is 0 Å². The van der Waals surface area contributed by atoms with Crippen LogP contribution in [0.2, 0.25) is 0 Å². The molecule has 0 unspecified atom stereocenters. The molecule has 0 atom stereocenters. The fourth-order valence-corrected chi connectivity index (χ4v) is 1.72. The van der Waals surface area contributed by atoms with Crippen LogP contribution in [0.4, 0.5) is 23.2 Å². The number of rotatable bonds is 3. The van der Waals surface area contributed by atoms with Crippen molar-refractivity contribution in [1.29, 1.82) is 0 Å². The predicted molar refractivity (Wildman–Crippen MR) is 70.1 cm³/mol. The Bertz CT molecular complexity index is 701. The van der Waals surface area contributed by atoms with E-state index >= 15 is 0 Å². The quantitative estimate of drug-likeness (QED) is 0.882. The summed E-state index contributed by atoms with van der Waals surface area (Å²) in [6, 6.07) is 5.25. The number of nitrogens with one attached hydrogen (secondary N) is 1. The molecule has 0 spiro atoms. The Kier molecular flexibility index (Phi) is 4.30. The molecular weight excluding hydrogens is 304 g/mol. The van der Waals surface area contributed by atoms with E-state index in [1.807, 2.05) is 0 Å². The van der Waals surface area contributed by atoms with Gasteiger partial charge < -0.3 is 10.1 Å². The number of methoxy groups -OCH3 is 1. The van der Waals surface area contributed by atoms with Gasteiger partial charge in [0, 0.05) is 18.0 Å². The molecule has 2 rings (SSSR count). The highest BCUT2D eigenvalue weighted by Crippen LogP contribution is 2.32. The Balaban J connectivity index is 2.30. The Morgan fingerprint density at radius 3 is 2.64 bits per heavy atom. The number of halogens is 4. The summed E-state index contributed by atoms with van der Waals surface area (Å²) in [6.45, 7) is 0. The first kappa shape index (κ1) is 15.7. The van der Waals surface area contributed by atoms with Crippen LogP contribution in [0.3, 0.4) is 0 Å². The second-order valence-corrected chi connectivity index (χ2v) is 4.21. The van der Waals surface area contributed by atoms with Crippen LogP contribution >= 0.6 is 0 Å². The molecule has 1 amide bonds. The number of anilines is 1. The zero-order valence-corrected chi connectivity index (χ0v) is 11.2. The maximum atomic E-state index is 13.8. The van der Waals surface area contributed by atoms with Gasteiger partial charge in [0.05, 0.1) is 18.2 Å². The summed E-state index contributed by atoms with van der Waals surface area (Å²) in [7, 11) is 1.36. The van der Waals surface area contributed by atoms with E-state index in [1.165, 1.54) is 25.4 Å². The smallest absolute Gasteiger partial charge is 0.419 e. The second-order valence-electron chi connectivity index (χ2n) is 4.21. The van der Waals surface area contributed by atoms with Gasteiger partial charge in [0.2, 0.25) is 5.88 Å². The largest absolute Gasteiger partial charge is 0.481 e. The van der Waals surface area contributed by atoms with E-state index in [1.54, 1.807) is 0 Å². The number of hydrogen-bond donors (Lipinski definition) is 1. The van der Waals surface area contributed by atoms with E-state index in [2.05, 4.69) is 10.3 Å². The average molecular weight is 314 g/mol. The summed E-state index contributed by atoms with van der Waals surface area (Å²) in [6.07, 6.45) is -3.54. The fraction of sp³-hybridized carbons (Fsp3) is 0.143. The number of alkyl halides is 3. The third kappa shape index (κ3) is 3.33. The third-order valence-electron chi connectivity index (χ3n) is 2.75. The van der Waals surface area contributed by atoms with E-state index in [0.717, 1.165) is 12.1 Å². The van der Waals surface area contributed by atoms with Crippen molar-refractivity contribution in [2.24, 2.45) is 0 Å². The number of carbonyl (C=O) groups is 1. The van der Waals surface area contributed by atoms with Crippen LogP contribution in [0.1, 0.15) is 15.9 Å². The van der Waals surface area contributed by atoms with Crippen molar-refractivity contribution in [3.8, 4) is 5.88 Å². The van der Waals surface area contributed by atoms with Crippen molar-refractivity contribution in [3.63, 3.8) is 0 Å². The molecule has 1 N–H and O–H groups in total. The minimum absolute atomic E-state index is 0.197. The Hall–Kier alpha value is -2.64. The van der Waals surface area contributed by atoms with Gasteiger partial charge >= 0.3 is 6.18 Å². The van der Waals surface area contributed by atoms with Gasteiger partial charge in [-0.2, -0.15) is 13.2 Å².